The van der Waals surface area contributed by atoms with Crippen LogP contribution in [0.3, 0.4) is 0 Å². The van der Waals surface area contributed by atoms with Crippen LogP contribution in [0.15, 0.2) is 51.5 Å². The minimum absolute atomic E-state index is 0.125. The van der Waals surface area contributed by atoms with Gasteiger partial charge >= 0.3 is 0 Å². The lowest BCUT2D eigenvalue weighted by molar-refractivity contribution is -0.120. The van der Waals surface area contributed by atoms with Crippen LogP contribution < -0.4 is 5.43 Å². The number of furan rings is 1. The highest BCUT2D eigenvalue weighted by atomic mass is 32.1. The van der Waals surface area contributed by atoms with E-state index >= 15 is 0 Å². The van der Waals surface area contributed by atoms with Crippen molar-refractivity contribution in [1.29, 1.82) is 0 Å². The largest absolute Gasteiger partial charge is 0.465 e. The highest BCUT2D eigenvalue weighted by Gasteiger charge is 2.01. The van der Waals surface area contributed by atoms with E-state index in [1.807, 2.05) is 23.6 Å². The minimum Gasteiger partial charge on any atom is -0.465 e. The van der Waals surface area contributed by atoms with Crippen LogP contribution in [-0.2, 0) is 11.2 Å². The van der Waals surface area contributed by atoms with E-state index in [2.05, 4.69) is 10.5 Å². The molecular weight excluding hydrogens is 248 g/mol. The lowest BCUT2D eigenvalue weighted by Gasteiger charge is -1.95. The molecule has 0 unspecified atom stereocenters. The number of carbonyl (C=O) groups excluding carboxylic acids is 1. The predicted octanol–water partition coefficient (Wildman–Crippen LogP) is 2.70. The number of hydrogen-bond donors (Lipinski definition) is 1. The Morgan fingerprint density at radius 3 is 3.11 bits per heavy atom. The highest BCUT2D eigenvalue weighted by Crippen LogP contribution is 2.08. The first-order valence-electron chi connectivity index (χ1n) is 5.39. The summed E-state index contributed by atoms with van der Waals surface area (Å²) >= 11 is 1.55. The number of amides is 1. The quantitative estimate of drug-likeness (QED) is 0.663. The molecule has 2 aromatic heterocycles. The van der Waals surface area contributed by atoms with Crippen LogP contribution in [0.2, 0.25) is 0 Å². The second-order valence-electron chi connectivity index (χ2n) is 3.44. The molecule has 0 radical (unpaired) electrons. The third-order valence-corrected chi connectivity index (χ3v) is 2.94. The highest BCUT2D eigenvalue weighted by molar-refractivity contribution is 7.10. The number of nitrogens with one attached hydrogen (secondary N) is 1. The fourth-order valence-corrected chi connectivity index (χ4v) is 1.99. The van der Waals surface area contributed by atoms with Crippen LogP contribution in [0.4, 0.5) is 0 Å². The van der Waals surface area contributed by atoms with E-state index in [9.17, 15) is 4.79 Å². The Kier molecular flexibility index (Phi) is 4.49. The molecule has 0 fully saturated rings. The molecule has 0 bridgehead atoms. The average molecular weight is 260 g/mol. The summed E-state index contributed by atoms with van der Waals surface area (Å²) in [5.41, 5.74) is 2.46. The lowest BCUT2D eigenvalue weighted by Crippen LogP contribution is -2.18. The summed E-state index contributed by atoms with van der Waals surface area (Å²) in [5.74, 6) is 0.617. The van der Waals surface area contributed by atoms with Crippen LogP contribution in [0.25, 0.3) is 6.08 Å². The molecule has 1 amide bonds. The van der Waals surface area contributed by atoms with Crippen molar-refractivity contribution in [2.45, 2.75) is 6.42 Å². The molecule has 2 rings (SSSR count). The Balaban J connectivity index is 1.72. The molecule has 0 aliphatic heterocycles. The second kappa shape index (κ2) is 6.56. The van der Waals surface area contributed by atoms with Gasteiger partial charge in [0.1, 0.15) is 5.76 Å². The first-order valence-corrected chi connectivity index (χ1v) is 6.27. The molecule has 1 N–H and O–H groups in total. The van der Waals surface area contributed by atoms with Crippen LogP contribution in [-0.4, -0.2) is 12.1 Å². The molecule has 0 saturated carbocycles. The van der Waals surface area contributed by atoms with E-state index in [-0.39, 0.29) is 5.91 Å². The molecule has 2 aromatic rings. The van der Waals surface area contributed by atoms with Crippen LogP contribution in [0.1, 0.15) is 10.6 Å². The third-order valence-electron chi connectivity index (χ3n) is 2.07. The maximum atomic E-state index is 11.4. The van der Waals surface area contributed by atoms with Crippen molar-refractivity contribution in [2.75, 3.05) is 0 Å². The Bertz CT molecular complexity index is 527. The van der Waals surface area contributed by atoms with Gasteiger partial charge in [0.15, 0.2) is 0 Å². The zero-order valence-electron chi connectivity index (χ0n) is 9.58. The van der Waals surface area contributed by atoms with Gasteiger partial charge in [-0.15, -0.1) is 11.3 Å². The van der Waals surface area contributed by atoms with Gasteiger partial charge in [-0.05, 0) is 35.7 Å². The number of rotatable bonds is 5. The van der Waals surface area contributed by atoms with E-state index in [1.165, 1.54) is 6.21 Å². The Morgan fingerprint density at radius 2 is 2.39 bits per heavy atom. The Hall–Kier alpha value is -2.14. The normalized spacial score (nSPS) is 11.3. The molecule has 0 aromatic carbocycles. The standard InChI is InChI=1S/C13H12N2O2S/c16-13(10-12-6-3-9-18-12)15-14-7-1-4-11-5-2-8-17-11/h1-9H,10H2,(H,15,16)/b4-1-,14-7-. The van der Waals surface area contributed by atoms with Crippen LogP contribution >= 0.6 is 11.3 Å². The van der Waals surface area contributed by atoms with Gasteiger partial charge < -0.3 is 4.42 Å². The van der Waals surface area contributed by atoms with Gasteiger partial charge in [0, 0.05) is 11.1 Å². The fourth-order valence-electron chi connectivity index (χ4n) is 1.29. The van der Waals surface area contributed by atoms with Crippen molar-refractivity contribution >= 4 is 29.5 Å². The van der Waals surface area contributed by atoms with Crippen LogP contribution in [0, 0.1) is 0 Å². The predicted molar refractivity (Wildman–Crippen MR) is 72.4 cm³/mol. The van der Waals surface area contributed by atoms with E-state index < -0.39 is 0 Å². The summed E-state index contributed by atoms with van der Waals surface area (Å²) in [5, 5.41) is 5.75. The average Bonchev–Trinajstić information content (AvgIpc) is 3.01. The zero-order valence-corrected chi connectivity index (χ0v) is 10.4. The van der Waals surface area contributed by atoms with E-state index in [0.29, 0.717) is 6.42 Å². The summed E-state index contributed by atoms with van der Waals surface area (Å²) in [6.45, 7) is 0. The number of hydrogen-bond acceptors (Lipinski definition) is 4. The molecule has 2 heterocycles. The number of carbonyl (C=O) groups is 1. The molecule has 0 aliphatic carbocycles. The third kappa shape index (κ3) is 4.03. The Labute approximate surface area is 109 Å². The molecule has 92 valence electrons. The zero-order chi connectivity index (χ0) is 12.6. The molecule has 0 saturated heterocycles. The van der Waals surface area contributed by atoms with E-state index in [0.717, 1.165) is 10.6 Å². The van der Waals surface area contributed by atoms with Gasteiger partial charge in [0.05, 0.1) is 12.7 Å². The molecule has 5 heteroatoms. The number of nitrogens with zero attached hydrogens (tertiary/aromatic N) is 1. The topological polar surface area (TPSA) is 54.6 Å². The first kappa shape index (κ1) is 12.3. The van der Waals surface area contributed by atoms with Gasteiger partial charge in [-0.1, -0.05) is 6.07 Å². The van der Waals surface area contributed by atoms with Gasteiger partial charge in [0.2, 0.25) is 5.91 Å². The van der Waals surface area contributed by atoms with Gasteiger partial charge in [0.25, 0.3) is 0 Å². The monoisotopic (exact) mass is 260 g/mol. The Morgan fingerprint density at radius 1 is 1.44 bits per heavy atom. The van der Waals surface area contributed by atoms with Crippen molar-refractivity contribution in [3.63, 3.8) is 0 Å². The van der Waals surface area contributed by atoms with Crippen LogP contribution in [0.5, 0.6) is 0 Å². The summed E-state index contributed by atoms with van der Waals surface area (Å²) in [4.78, 5) is 12.5. The van der Waals surface area contributed by atoms with E-state index in [4.69, 9.17) is 4.42 Å². The molecule has 18 heavy (non-hydrogen) atoms. The van der Waals surface area contributed by atoms with E-state index in [1.54, 1.807) is 35.8 Å². The lowest BCUT2D eigenvalue weighted by atomic mass is 10.3. The first-order chi connectivity index (χ1) is 8.84. The molecule has 0 atom stereocenters. The fraction of sp³-hybridized carbons (Fsp3) is 0.0769. The van der Waals surface area contributed by atoms with Crippen molar-refractivity contribution in [3.8, 4) is 0 Å². The number of hydrazone groups is 1. The summed E-state index contributed by atoms with van der Waals surface area (Å²) in [6.07, 6.45) is 6.92. The second-order valence-corrected chi connectivity index (χ2v) is 4.48. The van der Waals surface area contributed by atoms with Gasteiger partial charge in [-0.2, -0.15) is 5.10 Å². The minimum atomic E-state index is -0.125. The molecule has 4 nitrogen and oxygen atoms in total. The summed E-state index contributed by atoms with van der Waals surface area (Å²) in [7, 11) is 0. The van der Waals surface area contributed by atoms with Crippen molar-refractivity contribution in [2.24, 2.45) is 5.10 Å². The number of allylic oxidation sites excluding steroid dienone is 1. The SMILES string of the molecule is O=C(Cc1cccs1)N/N=C\C=C/c1ccco1. The smallest absolute Gasteiger partial charge is 0.245 e. The van der Waals surface area contributed by atoms with Crippen molar-refractivity contribution < 1.29 is 9.21 Å². The molecule has 0 spiro atoms. The van der Waals surface area contributed by atoms with Gasteiger partial charge in [-0.25, -0.2) is 5.43 Å². The maximum absolute atomic E-state index is 11.4. The summed E-state index contributed by atoms with van der Waals surface area (Å²) < 4.78 is 5.10. The maximum Gasteiger partial charge on any atom is 0.245 e. The van der Waals surface area contributed by atoms with Crippen molar-refractivity contribution in [1.82, 2.24) is 5.43 Å². The van der Waals surface area contributed by atoms with Crippen molar-refractivity contribution in [3.05, 3.63) is 52.6 Å². The molecular formula is C13H12N2O2S. The molecule has 0 aliphatic rings. The van der Waals surface area contributed by atoms with Gasteiger partial charge in [-0.3, -0.25) is 4.79 Å². The summed E-state index contributed by atoms with van der Waals surface area (Å²) in [6, 6.07) is 7.48. The number of thiophene rings is 1.